The molecule has 0 bridgehead atoms. The molecule has 1 amide bonds. The lowest BCUT2D eigenvalue weighted by atomic mass is 10.1. The average molecular weight is 431 g/mol. The summed E-state index contributed by atoms with van der Waals surface area (Å²) in [6, 6.07) is 14.4. The van der Waals surface area contributed by atoms with Crippen LogP contribution in [0.4, 0.5) is 16.0 Å². The average Bonchev–Trinajstić information content (AvgIpc) is 3.24. The first-order valence-electron chi connectivity index (χ1n) is 10.4. The van der Waals surface area contributed by atoms with Gasteiger partial charge in [-0.1, -0.05) is 17.7 Å². The van der Waals surface area contributed by atoms with Crippen LogP contribution in [0.2, 0.25) is 0 Å². The van der Waals surface area contributed by atoms with Gasteiger partial charge in [-0.05, 0) is 43.3 Å². The molecule has 2 aromatic heterocycles. The molecule has 1 aliphatic heterocycles. The van der Waals surface area contributed by atoms with Gasteiger partial charge in [0.25, 0.3) is 5.91 Å². The zero-order valence-corrected chi connectivity index (χ0v) is 17.6. The number of carbonyl (C=O) groups is 1. The highest BCUT2D eigenvalue weighted by Crippen LogP contribution is 2.23. The molecule has 1 aliphatic rings. The van der Waals surface area contributed by atoms with Gasteiger partial charge in [-0.25, -0.2) is 9.37 Å². The van der Waals surface area contributed by atoms with Gasteiger partial charge in [0, 0.05) is 42.2 Å². The number of carbonyl (C=O) groups excluding carboxylic acids is 1. The van der Waals surface area contributed by atoms with Gasteiger partial charge in [-0.15, -0.1) is 0 Å². The molecule has 8 heteroatoms. The van der Waals surface area contributed by atoms with Gasteiger partial charge in [-0.2, -0.15) is 4.98 Å². The van der Waals surface area contributed by atoms with Crippen LogP contribution in [-0.4, -0.2) is 51.6 Å². The topological polar surface area (TPSA) is 72.3 Å². The van der Waals surface area contributed by atoms with E-state index in [0.29, 0.717) is 43.6 Å². The molecule has 5 rings (SSSR count). The summed E-state index contributed by atoms with van der Waals surface area (Å²) in [7, 11) is 0. The van der Waals surface area contributed by atoms with Crippen molar-refractivity contribution < 1.29 is 13.9 Å². The third-order valence-corrected chi connectivity index (χ3v) is 5.49. The van der Waals surface area contributed by atoms with Crippen LogP contribution in [0.25, 0.3) is 16.7 Å². The number of hydrogen-bond acceptors (Lipinski definition) is 5. The van der Waals surface area contributed by atoms with E-state index in [1.54, 1.807) is 21.7 Å². The number of hydrogen-bond donors (Lipinski definition) is 1. The molecule has 0 saturated carbocycles. The Morgan fingerprint density at radius 1 is 1.09 bits per heavy atom. The van der Waals surface area contributed by atoms with E-state index in [0.717, 1.165) is 11.1 Å². The Morgan fingerprint density at radius 2 is 1.88 bits per heavy atom. The van der Waals surface area contributed by atoms with Crippen LogP contribution in [0.1, 0.15) is 15.9 Å². The lowest BCUT2D eigenvalue weighted by Gasteiger charge is -2.27. The van der Waals surface area contributed by atoms with E-state index in [1.807, 2.05) is 43.5 Å². The SMILES string of the molecule is Cc1ccc(Nc2ncc3ccn(-c4ccc(C(=O)N5CCOCC5)c(F)c4)c3n2)cc1. The summed E-state index contributed by atoms with van der Waals surface area (Å²) in [6.07, 6.45) is 3.54. The van der Waals surface area contributed by atoms with Crippen molar-refractivity contribution in [3.8, 4) is 5.69 Å². The minimum Gasteiger partial charge on any atom is -0.378 e. The van der Waals surface area contributed by atoms with Crippen LogP contribution >= 0.6 is 0 Å². The number of fused-ring (bicyclic) bond motifs is 1. The maximum absolute atomic E-state index is 14.9. The monoisotopic (exact) mass is 431 g/mol. The molecule has 32 heavy (non-hydrogen) atoms. The van der Waals surface area contributed by atoms with Crippen LogP contribution in [-0.2, 0) is 4.74 Å². The summed E-state index contributed by atoms with van der Waals surface area (Å²) in [6.45, 7) is 3.91. The second kappa shape index (κ2) is 8.39. The summed E-state index contributed by atoms with van der Waals surface area (Å²) in [5.41, 5.74) is 3.32. The quantitative estimate of drug-likeness (QED) is 0.527. The number of nitrogens with one attached hydrogen (secondary N) is 1. The minimum atomic E-state index is -0.562. The first-order chi connectivity index (χ1) is 15.6. The van der Waals surface area contributed by atoms with Crippen molar-refractivity contribution in [1.29, 1.82) is 0 Å². The summed E-state index contributed by atoms with van der Waals surface area (Å²) >= 11 is 0. The molecule has 0 spiro atoms. The number of ether oxygens (including phenoxy) is 1. The largest absolute Gasteiger partial charge is 0.378 e. The number of amides is 1. The number of morpholine rings is 1. The van der Waals surface area contributed by atoms with Crippen LogP contribution in [0.15, 0.2) is 60.9 Å². The molecule has 1 saturated heterocycles. The third kappa shape index (κ3) is 3.92. The molecule has 0 unspecified atom stereocenters. The number of halogens is 1. The van der Waals surface area contributed by atoms with E-state index in [4.69, 9.17) is 4.74 Å². The highest BCUT2D eigenvalue weighted by atomic mass is 19.1. The molecule has 0 atom stereocenters. The predicted molar refractivity (Wildman–Crippen MR) is 120 cm³/mol. The molecule has 4 aromatic rings. The van der Waals surface area contributed by atoms with Crippen molar-refractivity contribution in [2.24, 2.45) is 0 Å². The molecular weight excluding hydrogens is 409 g/mol. The number of benzene rings is 2. The van der Waals surface area contributed by atoms with Gasteiger partial charge in [0.05, 0.1) is 18.8 Å². The molecular formula is C24H22FN5O2. The standard InChI is InChI=1S/C24H22FN5O2/c1-16-2-4-18(5-3-16)27-24-26-15-17-8-9-30(22(17)28-24)19-6-7-20(21(25)14-19)23(31)29-10-12-32-13-11-29/h2-9,14-15H,10-13H2,1H3,(H,26,27,28). The fraction of sp³-hybridized carbons (Fsp3) is 0.208. The molecule has 0 aliphatic carbocycles. The van der Waals surface area contributed by atoms with Gasteiger partial charge >= 0.3 is 0 Å². The van der Waals surface area contributed by atoms with Gasteiger partial charge in [0.1, 0.15) is 11.5 Å². The predicted octanol–water partition coefficient (Wildman–Crippen LogP) is 4.08. The van der Waals surface area contributed by atoms with Crippen molar-refractivity contribution in [3.05, 3.63) is 77.9 Å². The van der Waals surface area contributed by atoms with E-state index in [-0.39, 0.29) is 11.5 Å². The fourth-order valence-electron chi connectivity index (χ4n) is 3.72. The van der Waals surface area contributed by atoms with Crippen molar-refractivity contribution in [2.45, 2.75) is 6.92 Å². The van der Waals surface area contributed by atoms with E-state index < -0.39 is 5.82 Å². The normalized spacial score (nSPS) is 14.0. The lowest BCUT2D eigenvalue weighted by Crippen LogP contribution is -2.41. The Morgan fingerprint density at radius 3 is 2.62 bits per heavy atom. The van der Waals surface area contributed by atoms with Crippen LogP contribution < -0.4 is 5.32 Å². The zero-order chi connectivity index (χ0) is 22.1. The number of anilines is 2. The molecule has 1 N–H and O–H groups in total. The second-order valence-corrected chi connectivity index (χ2v) is 7.72. The fourth-order valence-corrected chi connectivity index (χ4v) is 3.72. The summed E-state index contributed by atoms with van der Waals surface area (Å²) < 4.78 is 22.0. The van der Waals surface area contributed by atoms with Crippen LogP contribution in [0.3, 0.4) is 0 Å². The van der Waals surface area contributed by atoms with Crippen molar-refractivity contribution in [1.82, 2.24) is 19.4 Å². The van der Waals surface area contributed by atoms with E-state index in [1.165, 1.54) is 17.7 Å². The Balaban J connectivity index is 1.44. The van der Waals surface area contributed by atoms with Crippen LogP contribution in [0, 0.1) is 12.7 Å². The Bertz CT molecular complexity index is 1280. The van der Waals surface area contributed by atoms with Crippen molar-refractivity contribution >= 4 is 28.6 Å². The Kier molecular flexibility index (Phi) is 5.28. The van der Waals surface area contributed by atoms with E-state index in [2.05, 4.69) is 15.3 Å². The van der Waals surface area contributed by atoms with E-state index in [9.17, 15) is 9.18 Å². The summed E-state index contributed by atoms with van der Waals surface area (Å²) in [4.78, 5) is 23.3. The number of nitrogens with zero attached hydrogens (tertiary/aromatic N) is 4. The molecule has 7 nitrogen and oxygen atoms in total. The Hall–Kier alpha value is -3.78. The molecule has 162 valence electrons. The van der Waals surface area contributed by atoms with Gasteiger partial charge in [0.2, 0.25) is 5.95 Å². The summed E-state index contributed by atoms with van der Waals surface area (Å²) in [5, 5.41) is 4.02. The highest BCUT2D eigenvalue weighted by Gasteiger charge is 2.22. The number of aryl methyl sites for hydroxylation is 1. The van der Waals surface area contributed by atoms with Crippen molar-refractivity contribution in [3.63, 3.8) is 0 Å². The van der Waals surface area contributed by atoms with Gasteiger partial charge in [0.15, 0.2) is 0 Å². The minimum absolute atomic E-state index is 0.0588. The maximum atomic E-state index is 14.9. The molecule has 3 heterocycles. The Labute approximate surface area is 184 Å². The first kappa shape index (κ1) is 20.1. The molecule has 0 radical (unpaired) electrons. The third-order valence-electron chi connectivity index (χ3n) is 5.49. The van der Waals surface area contributed by atoms with Gasteiger partial charge in [-0.3, -0.25) is 4.79 Å². The lowest BCUT2D eigenvalue weighted by molar-refractivity contribution is 0.0300. The molecule has 1 fully saturated rings. The summed E-state index contributed by atoms with van der Waals surface area (Å²) in [5.74, 6) is -0.435. The van der Waals surface area contributed by atoms with Crippen LogP contribution in [0.5, 0.6) is 0 Å². The number of rotatable bonds is 4. The molecule has 2 aromatic carbocycles. The maximum Gasteiger partial charge on any atom is 0.256 e. The van der Waals surface area contributed by atoms with Gasteiger partial charge < -0.3 is 19.5 Å². The van der Waals surface area contributed by atoms with E-state index >= 15 is 0 Å². The smallest absolute Gasteiger partial charge is 0.256 e. The number of aromatic nitrogens is 3. The van der Waals surface area contributed by atoms with Crippen molar-refractivity contribution in [2.75, 3.05) is 31.6 Å². The second-order valence-electron chi connectivity index (χ2n) is 7.72. The zero-order valence-electron chi connectivity index (χ0n) is 17.6. The first-order valence-corrected chi connectivity index (χ1v) is 10.4. The highest BCUT2D eigenvalue weighted by molar-refractivity contribution is 5.95.